The van der Waals surface area contributed by atoms with Gasteiger partial charge in [-0.15, -0.1) is 7.92 Å². The fraction of sp³-hybridized carbons (Fsp3) is 1.00. The third-order valence-corrected chi connectivity index (χ3v) is 5.09. The first-order valence-corrected chi connectivity index (χ1v) is 7.98. The molecule has 3 nitrogen and oxygen atoms in total. The van der Waals surface area contributed by atoms with Gasteiger partial charge in [0.25, 0.3) is 0 Å². The van der Waals surface area contributed by atoms with Crippen molar-refractivity contribution < 1.29 is 0 Å². The lowest BCUT2D eigenvalue weighted by Gasteiger charge is -2.23. The van der Waals surface area contributed by atoms with Gasteiger partial charge in [0.05, 0.1) is 0 Å². The average molecular weight is 247 g/mol. The molecule has 0 aromatic rings. The molecule has 0 aliphatic rings. The molecule has 16 heavy (non-hydrogen) atoms. The van der Waals surface area contributed by atoms with E-state index in [-0.39, 0.29) is 7.92 Å². The maximum atomic E-state index is 2.31. The minimum Gasteiger partial charge on any atom is -0.309 e. The molecule has 0 N–H and O–H groups in total. The second-order valence-electron chi connectivity index (χ2n) is 5.25. The molecular weight excluding hydrogens is 217 g/mol. The third kappa shape index (κ3) is 10.8. The minimum absolute atomic E-state index is 0.217. The molecule has 0 amide bonds. The second kappa shape index (κ2) is 9.35. The Morgan fingerprint density at radius 1 is 0.562 bits per heavy atom. The van der Waals surface area contributed by atoms with Gasteiger partial charge in [-0.1, -0.05) is 0 Å². The van der Waals surface area contributed by atoms with Crippen LogP contribution in [-0.4, -0.2) is 95.1 Å². The van der Waals surface area contributed by atoms with E-state index in [4.69, 9.17) is 0 Å². The summed E-state index contributed by atoms with van der Waals surface area (Å²) in [4.78, 5) is 6.92. The summed E-state index contributed by atoms with van der Waals surface area (Å²) in [6.07, 6.45) is 4.18. The van der Waals surface area contributed by atoms with Crippen LogP contribution in [-0.2, 0) is 0 Å². The Kier molecular flexibility index (Phi) is 9.53. The monoisotopic (exact) mass is 247 g/mol. The van der Waals surface area contributed by atoms with Crippen molar-refractivity contribution in [3.8, 4) is 0 Å². The molecular formula is C12H30N3P. The van der Waals surface area contributed by atoms with Gasteiger partial charge in [-0.25, -0.2) is 0 Å². The zero-order chi connectivity index (χ0) is 12.6. The summed E-state index contributed by atoms with van der Waals surface area (Å²) in [6.45, 7) is 3.73. The van der Waals surface area contributed by atoms with Crippen LogP contribution in [0.25, 0.3) is 0 Å². The molecule has 0 saturated carbocycles. The zero-order valence-corrected chi connectivity index (χ0v) is 12.9. The van der Waals surface area contributed by atoms with Gasteiger partial charge >= 0.3 is 0 Å². The molecule has 0 fully saturated rings. The fourth-order valence-corrected chi connectivity index (χ4v) is 4.08. The van der Waals surface area contributed by atoms with Crippen molar-refractivity contribution in [2.45, 2.75) is 0 Å². The molecule has 0 bridgehead atoms. The van der Waals surface area contributed by atoms with Crippen LogP contribution >= 0.6 is 7.92 Å². The number of nitrogens with zero attached hydrogens (tertiary/aromatic N) is 3. The van der Waals surface area contributed by atoms with Gasteiger partial charge in [0.2, 0.25) is 0 Å². The van der Waals surface area contributed by atoms with E-state index >= 15 is 0 Å². The van der Waals surface area contributed by atoms with Crippen molar-refractivity contribution in [3.05, 3.63) is 0 Å². The Balaban J connectivity index is 3.85. The van der Waals surface area contributed by atoms with E-state index in [0.29, 0.717) is 0 Å². The van der Waals surface area contributed by atoms with Gasteiger partial charge in [0, 0.05) is 19.6 Å². The lowest BCUT2D eigenvalue weighted by molar-refractivity contribution is 0.424. The summed E-state index contributed by atoms with van der Waals surface area (Å²) in [5.74, 6) is 0. The summed E-state index contributed by atoms with van der Waals surface area (Å²) in [5, 5.41) is 0. The molecule has 0 saturated heterocycles. The van der Waals surface area contributed by atoms with Gasteiger partial charge in [-0.2, -0.15) is 0 Å². The highest BCUT2D eigenvalue weighted by Crippen LogP contribution is 2.34. The van der Waals surface area contributed by atoms with E-state index in [1.165, 1.54) is 38.1 Å². The highest BCUT2D eigenvalue weighted by molar-refractivity contribution is 7.57. The number of hydrogen-bond acceptors (Lipinski definition) is 3. The van der Waals surface area contributed by atoms with E-state index in [9.17, 15) is 0 Å². The van der Waals surface area contributed by atoms with Crippen molar-refractivity contribution in [1.82, 2.24) is 14.7 Å². The van der Waals surface area contributed by atoms with Crippen LogP contribution in [0.3, 0.4) is 0 Å². The van der Waals surface area contributed by atoms with Gasteiger partial charge in [0.15, 0.2) is 0 Å². The molecule has 0 aliphatic carbocycles. The molecule has 0 aromatic carbocycles. The van der Waals surface area contributed by atoms with Gasteiger partial charge < -0.3 is 14.7 Å². The molecule has 0 atom stereocenters. The molecule has 0 aliphatic heterocycles. The predicted molar refractivity (Wildman–Crippen MR) is 77.2 cm³/mol. The van der Waals surface area contributed by atoms with E-state index in [1.54, 1.807) is 0 Å². The number of rotatable bonds is 9. The van der Waals surface area contributed by atoms with Crippen LogP contribution in [0.15, 0.2) is 0 Å². The van der Waals surface area contributed by atoms with Gasteiger partial charge in [0.1, 0.15) is 0 Å². The number of hydrogen-bond donors (Lipinski definition) is 0. The third-order valence-electron chi connectivity index (χ3n) is 2.59. The lowest BCUT2D eigenvalue weighted by Crippen LogP contribution is -2.23. The summed E-state index contributed by atoms with van der Waals surface area (Å²) in [6, 6.07) is 0. The first-order valence-electron chi connectivity index (χ1n) is 6.08. The summed E-state index contributed by atoms with van der Waals surface area (Å²) >= 11 is 0. The summed E-state index contributed by atoms with van der Waals surface area (Å²) in [7, 11) is 13.2. The van der Waals surface area contributed by atoms with Crippen molar-refractivity contribution in [2.24, 2.45) is 0 Å². The van der Waals surface area contributed by atoms with Crippen LogP contribution in [0.4, 0.5) is 0 Å². The van der Waals surface area contributed by atoms with Crippen molar-refractivity contribution >= 4 is 7.92 Å². The van der Waals surface area contributed by atoms with Gasteiger partial charge in [-0.05, 0) is 60.8 Å². The topological polar surface area (TPSA) is 9.72 Å². The van der Waals surface area contributed by atoms with Crippen LogP contribution in [0.2, 0.25) is 0 Å². The fourth-order valence-electron chi connectivity index (χ4n) is 1.36. The molecule has 0 heterocycles. The highest BCUT2D eigenvalue weighted by Gasteiger charge is 2.09. The Hall–Kier alpha value is 0.310. The van der Waals surface area contributed by atoms with Gasteiger partial charge in [-0.3, -0.25) is 0 Å². The molecule has 0 spiro atoms. The quantitative estimate of drug-likeness (QED) is 0.566. The summed E-state index contributed by atoms with van der Waals surface area (Å²) in [5.41, 5.74) is 0. The van der Waals surface area contributed by atoms with Crippen LogP contribution in [0.5, 0.6) is 0 Å². The molecule has 0 rings (SSSR count). The van der Waals surface area contributed by atoms with Crippen molar-refractivity contribution in [3.63, 3.8) is 0 Å². The Bertz CT molecular complexity index is 132. The normalized spacial score (nSPS) is 12.4. The second-order valence-corrected chi connectivity index (χ2v) is 7.93. The van der Waals surface area contributed by atoms with Crippen LogP contribution in [0.1, 0.15) is 0 Å². The molecule has 98 valence electrons. The first-order chi connectivity index (χ1) is 7.41. The standard InChI is InChI=1S/C12H30N3P/c1-13(2)7-10-16(11-8-14(3)4)12-9-15(5)6/h7-12H2,1-6H3. The Labute approximate surface area is 104 Å². The smallest absolute Gasteiger partial charge is 0.00146 e. The zero-order valence-electron chi connectivity index (χ0n) is 12.0. The minimum atomic E-state index is 0.217. The molecule has 0 unspecified atom stereocenters. The largest absolute Gasteiger partial charge is 0.309 e. The van der Waals surface area contributed by atoms with Crippen molar-refractivity contribution in [2.75, 3.05) is 80.4 Å². The predicted octanol–water partition coefficient (Wildman–Crippen LogP) is 1.15. The molecule has 0 aromatic heterocycles. The first kappa shape index (κ1) is 16.3. The van der Waals surface area contributed by atoms with Crippen LogP contribution < -0.4 is 0 Å². The van der Waals surface area contributed by atoms with E-state index in [1.807, 2.05) is 0 Å². The highest BCUT2D eigenvalue weighted by atomic mass is 31.1. The average Bonchev–Trinajstić information content (AvgIpc) is 2.15. The molecule has 0 radical (unpaired) electrons. The maximum Gasteiger partial charge on any atom is 0.00146 e. The summed E-state index contributed by atoms with van der Waals surface area (Å²) < 4.78 is 0. The Morgan fingerprint density at radius 2 is 0.812 bits per heavy atom. The SMILES string of the molecule is CN(C)CCP(CCN(C)C)CCN(C)C. The van der Waals surface area contributed by atoms with E-state index < -0.39 is 0 Å². The lowest BCUT2D eigenvalue weighted by atomic mass is 10.7. The molecule has 4 heteroatoms. The van der Waals surface area contributed by atoms with Crippen LogP contribution in [0, 0.1) is 0 Å². The van der Waals surface area contributed by atoms with E-state index in [2.05, 4.69) is 57.0 Å². The Morgan fingerprint density at radius 3 is 1.00 bits per heavy atom. The maximum absolute atomic E-state index is 2.31. The van der Waals surface area contributed by atoms with E-state index in [0.717, 1.165) is 0 Å². The van der Waals surface area contributed by atoms with Crippen molar-refractivity contribution in [1.29, 1.82) is 0 Å².